The first-order valence-electron chi connectivity index (χ1n) is 34.1. The average Bonchev–Trinajstić information content (AvgIpc) is 0.877. The number of carbonyl (C=O) groups excluding carboxylic acids is 11. The van der Waals surface area contributed by atoms with Crippen molar-refractivity contribution in [3.8, 4) is 0 Å². The highest BCUT2D eigenvalue weighted by Crippen LogP contribution is 2.16. The summed E-state index contributed by atoms with van der Waals surface area (Å²) in [5, 5.41) is 38.9. The number of nitrogens with one attached hydrogen (secondary N) is 11. The minimum Gasteiger partial charge on any atom is -0.480 e. The Morgan fingerprint density at radius 3 is 0.920 bits per heavy atom. The Balaban J connectivity index is 6.83. The van der Waals surface area contributed by atoms with Crippen LogP contribution < -0.4 is 110 Å². The predicted molar refractivity (Wildman–Crippen MR) is 381 cm³/mol. The van der Waals surface area contributed by atoms with Gasteiger partial charge in [0.15, 0.2) is 23.8 Å². The highest BCUT2D eigenvalue weighted by molar-refractivity contribution is 5.99. The van der Waals surface area contributed by atoms with Gasteiger partial charge in [0.05, 0.1) is 6.04 Å². The number of amides is 11. The first-order valence-corrected chi connectivity index (χ1v) is 34.1. The van der Waals surface area contributed by atoms with E-state index in [0.29, 0.717) is 19.3 Å². The first kappa shape index (κ1) is 90.7. The molecule has 0 heterocycles. The van der Waals surface area contributed by atoms with Crippen LogP contribution >= 0.6 is 0 Å². The Labute approximate surface area is 587 Å². The van der Waals surface area contributed by atoms with Crippen molar-refractivity contribution in [3.05, 3.63) is 0 Å². The second-order valence-electron chi connectivity index (χ2n) is 26.5. The van der Waals surface area contributed by atoms with Crippen LogP contribution in [-0.2, 0) is 57.5 Å². The molecule has 37 heteroatoms. The van der Waals surface area contributed by atoms with Gasteiger partial charge in [-0.05, 0) is 107 Å². The molecule has 100 heavy (non-hydrogen) atoms. The van der Waals surface area contributed by atoms with E-state index >= 15 is 0 Å². The number of hydrogen-bond donors (Lipinski definition) is 21. The lowest BCUT2D eigenvalue weighted by Crippen LogP contribution is -2.63. The second kappa shape index (κ2) is 46.9. The van der Waals surface area contributed by atoms with Crippen LogP contribution in [0.2, 0.25) is 0 Å². The minimum atomic E-state index is -1.37. The molecule has 0 aromatic heterocycles. The molecule has 37 nitrogen and oxygen atoms in total. The quantitative estimate of drug-likeness (QED) is 0.0154. The molecule has 0 aliphatic rings. The molecule has 0 unspecified atom stereocenters. The molecule has 0 aromatic carbocycles. The van der Waals surface area contributed by atoms with Crippen LogP contribution in [-0.4, -0.2) is 199 Å². The molecule has 0 saturated carbocycles. The van der Waals surface area contributed by atoms with E-state index in [4.69, 9.17) is 51.6 Å². The van der Waals surface area contributed by atoms with Crippen LogP contribution in [0.25, 0.3) is 0 Å². The number of nitrogens with zero attached hydrogens (tertiary/aromatic N) is 4. The van der Waals surface area contributed by atoms with Gasteiger partial charge in [-0.15, -0.1) is 0 Å². The highest BCUT2D eigenvalue weighted by Gasteiger charge is 2.39. The molecule has 11 amide bonds. The predicted octanol–water partition coefficient (Wildman–Crippen LogP) is -4.91. The van der Waals surface area contributed by atoms with Crippen LogP contribution in [0.15, 0.2) is 20.0 Å². The third-order valence-corrected chi connectivity index (χ3v) is 16.2. The van der Waals surface area contributed by atoms with Crippen LogP contribution in [0.3, 0.4) is 0 Å². The summed E-state index contributed by atoms with van der Waals surface area (Å²) in [5.74, 6) is -13.8. The lowest BCUT2D eigenvalue weighted by Gasteiger charge is -2.32. The minimum absolute atomic E-state index is 0.0290. The molecule has 0 rings (SSSR count). The number of guanidine groups is 4. The summed E-state index contributed by atoms with van der Waals surface area (Å²) in [4.78, 5) is 182. The number of rotatable bonds is 48. The number of carbonyl (C=O) groups is 12. The number of hydrogen-bond acceptors (Lipinski definition) is 17. The molecule has 0 aliphatic heterocycles. The number of aliphatic carboxylic acids is 1. The fourth-order valence-electron chi connectivity index (χ4n) is 9.79. The third-order valence-electron chi connectivity index (χ3n) is 16.2. The Morgan fingerprint density at radius 2 is 0.580 bits per heavy atom. The number of carboxylic acid groups (broad SMARTS) is 1. The van der Waals surface area contributed by atoms with E-state index in [0.717, 1.165) is 0 Å². The van der Waals surface area contributed by atoms with Gasteiger partial charge in [0.1, 0.15) is 66.5 Å². The van der Waals surface area contributed by atoms with E-state index in [9.17, 15) is 62.6 Å². The normalized spacial score (nSPS) is 15.4. The Kier molecular flexibility index (Phi) is 42.5. The zero-order chi connectivity index (χ0) is 76.8. The molecule has 570 valence electrons. The van der Waals surface area contributed by atoms with Crippen LogP contribution in [0, 0.1) is 35.5 Å². The molecule has 0 aliphatic carbocycles. The highest BCUT2D eigenvalue weighted by atomic mass is 16.4. The smallest absolute Gasteiger partial charge is 0.326 e. The number of aliphatic imine (C=N–C) groups is 4. The van der Waals surface area contributed by atoms with Gasteiger partial charge < -0.3 is 115 Å². The summed E-state index contributed by atoms with van der Waals surface area (Å²) in [6, 6.07) is -15.3. The van der Waals surface area contributed by atoms with E-state index < -0.39 is 173 Å². The third kappa shape index (κ3) is 35.4. The van der Waals surface area contributed by atoms with Gasteiger partial charge in [0.2, 0.25) is 65.0 Å². The summed E-state index contributed by atoms with van der Waals surface area (Å²) in [6.45, 7) is 23.5. The van der Waals surface area contributed by atoms with Gasteiger partial charge in [0, 0.05) is 26.2 Å². The van der Waals surface area contributed by atoms with Crippen molar-refractivity contribution >= 4 is 94.8 Å². The Hall–Kier alpha value is -9.32. The van der Waals surface area contributed by atoms with Crippen molar-refractivity contribution in [1.29, 1.82) is 0 Å². The molecular weight excluding hydrogens is 1300 g/mol. The second-order valence-corrected chi connectivity index (χ2v) is 26.5. The molecule has 0 radical (unpaired) electrons. The van der Waals surface area contributed by atoms with Crippen molar-refractivity contribution < 1.29 is 62.6 Å². The van der Waals surface area contributed by atoms with Crippen molar-refractivity contribution in [2.24, 2.45) is 107 Å². The van der Waals surface area contributed by atoms with Crippen LogP contribution in [0.4, 0.5) is 0 Å². The molecule has 0 bridgehead atoms. The fourth-order valence-corrected chi connectivity index (χ4v) is 9.79. The largest absolute Gasteiger partial charge is 0.480 e. The van der Waals surface area contributed by atoms with Gasteiger partial charge in [-0.1, -0.05) is 95.9 Å². The summed E-state index contributed by atoms with van der Waals surface area (Å²) in [6.07, 6.45) is 1.77. The lowest BCUT2D eigenvalue weighted by molar-refractivity contribution is -0.142. The summed E-state index contributed by atoms with van der Waals surface area (Å²) >= 11 is 0. The monoisotopic (exact) mass is 1420 g/mol. The van der Waals surface area contributed by atoms with Crippen LogP contribution in [0.5, 0.6) is 0 Å². The van der Waals surface area contributed by atoms with E-state index in [2.05, 4.69) is 78.5 Å². The average molecular weight is 1420 g/mol. The number of nitrogens with two attached hydrogens (primary N) is 9. The summed E-state index contributed by atoms with van der Waals surface area (Å²) in [5.41, 5.74) is 49.7. The van der Waals surface area contributed by atoms with Gasteiger partial charge in [-0.2, -0.15) is 0 Å². The maximum Gasteiger partial charge on any atom is 0.326 e. The topological polar surface area (TPSA) is 641 Å². The molecule has 0 fully saturated rings. The molecule has 0 saturated heterocycles. The lowest BCUT2D eigenvalue weighted by atomic mass is 9.94. The van der Waals surface area contributed by atoms with E-state index in [1.165, 1.54) is 13.8 Å². The van der Waals surface area contributed by atoms with Crippen molar-refractivity contribution in [3.63, 3.8) is 0 Å². The molecule has 0 spiro atoms. The standard InChI is InChI=1S/C63H120N24O13/c1-15-34(11)46(57(97)80-40(23-19-27-75-62(69)70)51(91)83-43(31(5)6)54(94)78-37(14)49(89)81-41(59(99)100)24-20-28-76-63(71)72)87-56(96)45(33(9)10)84-55(95)44(32(7)8)85-58(98)47(35(12)16-2)86-52(92)39(22-18-26-74-61(67)68)79-48(88)36(13)77-53(93)42(29-30(3)4)82-50(90)38(64)21-17-25-73-60(65)66/h30-47H,15-29,64H2,1-14H3,(H,77,93)(H,78,94)(H,79,88)(H,80,97)(H,81,89)(H,82,90)(H,83,91)(H,84,95)(H,85,98)(H,86,92)(H,87,96)(H,99,100)(H4,65,66,73)(H4,67,68,74)(H4,69,70,75)(H4,71,72,76)/t34-,35-,36-,37-,38-,39-,40-,41-,42-,43-,44-,45-,46-,47-/m0/s1. The Morgan fingerprint density at radius 1 is 0.320 bits per heavy atom. The zero-order valence-corrected chi connectivity index (χ0v) is 60.8. The first-order chi connectivity index (χ1) is 46.6. The summed E-state index contributed by atoms with van der Waals surface area (Å²) in [7, 11) is 0. The number of carboxylic acids is 1. The zero-order valence-electron chi connectivity index (χ0n) is 60.8. The van der Waals surface area contributed by atoms with Crippen molar-refractivity contribution in [2.45, 2.75) is 240 Å². The summed E-state index contributed by atoms with van der Waals surface area (Å²) < 4.78 is 0. The van der Waals surface area contributed by atoms with Gasteiger partial charge in [-0.25, -0.2) is 4.79 Å². The SMILES string of the molecule is CC[C@H](C)[C@H](NC(=O)[C@H](CCCN=C(N)N)NC(=O)[C@H](C)NC(=O)[C@H](CC(C)C)NC(=O)[C@@H](N)CCCN=C(N)N)C(=O)N[C@H](C(=O)N[C@H](C(=O)N[C@H](C(=O)N[C@@H](CCCN=C(N)N)C(=O)N[C@H](C(=O)N[C@@H](C)C(=O)N[C@@H](CCCN=C(N)N)C(=O)O)C(C)C)[C@@H](C)CC)C(C)C)C(C)C. The van der Waals surface area contributed by atoms with Gasteiger partial charge >= 0.3 is 5.97 Å². The molecular formula is C63H120N24O13. The molecule has 0 aromatic rings. The molecule has 14 atom stereocenters. The van der Waals surface area contributed by atoms with E-state index in [1.54, 1.807) is 69.2 Å². The van der Waals surface area contributed by atoms with E-state index in [-0.39, 0.29) is 107 Å². The maximum atomic E-state index is 14.5. The maximum absolute atomic E-state index is 14.5. The fraction of sp³-hybridized carbons (Fsp3) is 0.746. The van der Waals surface area contributed by atoms with Crippen molar-refractivity contribution in [2.75, 3.05) is 26.2 Å². The molecule has 30 N–H and O–H groups in total. The van der Waals surface area contributed by atoms with Crippen molar-refractivity contribution in [1.82, 2.24) is 58.5 Å². The van der Waals surface area contributed by atoms with Gasteiger partial charge in [0.25, 0.3) is 0 Å². The Bertz CT molecular complexity index is 2800. The van der Waals surface area contributed by atoms with Crippen LogP contribution in [0.1, 0.15) is 168 Å². The van der Waals surface area contributed by atoms with E-state index in [1.807, 2.05) is 13.8 Å². The van der Waals surface area contributed by atoms with Gasteiger partial charge in [-0.3, -0.25) is 72.7 Å².